The third-order valence-electron chi connectivity index (χ3n) is 2.98. The maximum Gasteiger partial charge on any atom is 0.319 e. The monoisotopic (exact) mass is 324 g/mol. The SMILES string of the molecule is C[C@H](Sc1ccc([N+](=O)[O-])cc1)C(=O)OCC(=O)NC1CC1. The summed E-state index contributed by atoms with van der Waals surface area (Å²) in [5.41, 5.74) is -0.00340. The summed E-state index contributed by atoms with van der Waals surface area (Å²) in [4.78, 5) is 34.0. The summed E-state index contributed by atoms with van der Waals surface area (Å²) in [6, 6.07) is 6.14. The van der Waals surface area contributed by atoms with E-state index in [1.54, 1.807) is 19.1 Å². The second kappa shape index (κ2) is 7.26. The molecule has 22 heavy (non-hydrogen) atoms. The first-order chi connectivity index (χ1) is 10.5. The fraction of sp³-hybridized carbons (Fsp3) is 0.429. The highest BCUT2D eigenvalue weighted by Gasteiger charge is 2.24. The van der Waals surface area contributed by atoms with Crippen LogP contribution in [0.2, 0.25) is 0 Å². The lowest BCUT2D eigenvalue weighted by Crippen LogP contribution is -2.31. The third-order valence-corrected chi connectivity index (χ3v) is 4.07. The minimum Gasteiger partial charge on any atom is -0.455 e. The molecule has 8 heteroatoms. The molecule has 1 fully saturated rings. The van der Waals surface area contributed by atoms with Crippen LogP contribution in [0.3, 0.4) is 0 Å². The fourth-order valence-electron chi connectivity index (χ4n) is 1.65. The van der Waals surface area contributed by atoms with Crippen molar-refractivity contribution in [1.29, 1.82) is 0 Å². The Hall–Kier alpha value is -2.09. The van der Waals surface area contributed by atoms with Crippen LogP contribution in [-0.4, -0.2) is 34.7 Å². The van der Waals surface area contributed by atoms with Gasteiger partial charge in [0.1, 0.15) is 5.25 Å². The summed E-state index contributed by atoms with van der Waals surface area (Å²) in [6.45, 7) is 1.38. The van der Waals surface area contributed by atoms with Gasteiger partial charge in [-0.1, -0.05) is 0 Å². The van der Waals surface area contributed by atoms with Crippen LogP contribution in [0.4, 0.5) is 5.69 Å². The Morgan fingerprint density at radius 2 is 2.05 bits per heavy atom. The van der Waals surface area contributed by atoms with Gasteiger partial charge in [-0.15, -0.1) is 11.8 Å². The van der Waals surface area contributed by atoms with Crippen LogP contribution in [0.5, 0.6) is 0 Å². The number of thioether (sulfide) groups is 1. The quantitative estimate of drug-likeness (QED) is 0.356. The number of nitrogens with zero attached hydrogens (tertiary/aromatic N) is 1. The number of ether oxygens (including phenoxy) is 1. The number of nitro groups is 1. The Labute approximate surface area is 131 Å². The molecule has 1 atom stereocenters. The van der Waals surface area contributed by atoms with Gasteiger partial charge < -0.3 is 10.1 Å². The van der Waals surface area contributed by atoms with E-state index in [0.717, 1.165) is 17.7 Å². The van der Waals surface area contributed by atoms with Crippen LogP contribution in [0.25, 0.3) is 0 Å². The molecular weight excluding hydrogens is 308 g/mol. The van der Waals surface area contributed by atoms with Gasteiger partial charge in [0.2, 0.25) is 0 Å². The van der Waals surface area contributed by atoms with Crippen molar-refractivity contribution < 1.29 is 19.2 Å². The summed E-state index contributed by atoms with van der Waals surface area (Å²) in [5, 5.41) is 12.8. The van der Waals surface area contributed by atoms with Crippen molar-refractivity contribution in [1.82, 2.24) is 5.32 Å². The predicted octanol–water partition coefficient (Wildman–Crippen LogP) is 1.90. The zero-order chi connectivity index (χ0) is 16.1. The summed E-state index contributed by atoms with van der Waals surface area (Å²) >= 11 is 1.22. The first-order valence-corrected chi connectivity index (χ1v) is 7.71. The maximum atomic E-state index is 11.8. The largest absolute Gasteiger partial charge is 0.455 e. The molecule has 0 spiro atoms. The lowest BCUT2D eigenvalue weighted by Gasteiger charge is -2.11. The molecule has 1 aliphatic carbocycles. The van der Waals surface area contributed by atoms with Crippen molar-refractivity contribution in [3.05, 3.63) is 34.4 Å². The summed E-state index contributed by atoms with van der Waals surface area (Å²) in [7, 11) is 0. The van der Waals surface area contributed by atoms with Gasteiger partial charge >= 0.3 is 5.97 Å². The lowest BCUT2D eigenvalue weighted by molar-refractivity contribution is -0.384. The number of hydrogen-bond acceptors (Lipinski definition) is 6. The number of benzene rings is 1. The number of nitrogens with one attached hydrogen (secondary N) is 1. The van der Waals surface area contributed by atoms with E-state index >= 15 is 0 Å². The maximum absolute atomic E-state index is 11.8. The van der Waals surface area contributed by atoms with Crippen LogP contribution in [0.15, 0.2) is 29.2 Å². The van der Waals surface area contributed by atoms with E-state index in [4.69, 9.17) is 4.74 Å². The molecular formula is C14H16N2O5S. The number of non-ortho nitro benzene ring substituents is 1. The Kier molecular flexibility index (Phi) is 5.37. The normalized spacial score (nSPS) is 15.0. The van der Waals surface area contributed by atoms with E-state index in [1.165, 1.54) is 23.9 Å². The minimum absolute atomic E-state index is 0.00340. The van der Waals surface area contributed by atoms with Gasteiger partial charge in [-0.2, -0.15) is 0 Å². The molecule has 0 bridgehead atoms. The van der Waals surface area contributed by atoms with E-state index in [0.29, 0.717) is 0 Å². The zero-order valence-electron chi connectivity index (χ0n) is 12.0. The number of esters is 1. The van der Waals surface area contributed by atoms with Crippen LogP contribution in [-0.2, 0) is 14.3 Å². The highest BCUT2D eigenvalue weighted by atomic mass is 32.2. The van der Waals surface area contributed by atoms with Crippen LogP contribution in [0, 0.1) is 10.1 Å². The molecule has 0 radical (unpaired) electrons. The highest BCUT2D eigenvalue weighted by molar-refractivity contribution is 8.00. The molecule has 1 amide bonds. The summed E-state index contributed by atoms with van der Waals surface area (Å²) in [6.07, 6.45) is 1.96. The smallest absolute Gasteiger partial charge is 0.319 e. The zero-order valence-corrected chi connectivity index (χ0v) is 12.8. The molecule has 1 N–H and O–H groups in total. The van der Waals surface area contributed by atoms with Gasteiger partial charge in [0, 0.05) is 23.1 Å². The predicted molar refractivity (Wildman–Crippen MR) is 80.5 cm³/mol. The topological polar surface area (TPSA) is 98.5 Å². The molecule has 1 aromatic carbocycles. The Balaban J connectivity index is 1.77. The van der Waals surface area contributed by atoms with E-state index in [2.05, 4.69) is 5.32 Å². The summed E-state index contributed by atoms with van der Waals surface area (Å²) in [5.74, 6) is -0.780. The molecule has 1 aromatic rings. The minimum atomic E-state index is -0.504. The van der Waals surface area contributed by atoms with Crippen molar-refractivity contribution in [3.63, 3.8) is 0 Å². The van der Waals surface area contributed by atoms with E-state index < -0.39 is 16.1 Å². The second-order valence-electron chi connectivity index (χ2n) is 4.96. The van der Waals surface area contributed by atoms with Crippen LogP contribution >= 0.6 is 11.8 Å². The Morgan fingerprint density at radius 3 is 2.59 bits per heavy atom. The second-order valence-corrected chi connectivity index (χ2v) is 6.37. The molecule has 0 aromatic heterocycles. The Bertz CT molecular complexity index is 571. The van der Waals surface area contributed by atoms with Crippen molar-refractivity contribution in [2.45, 2.75) is 36.0 Å². The first-order valence-electron chi connectivity index (χ1n) is 6.83. The molecule has 0 saturated heterocycles. The number of nitro benzene ring substituents is 1. The molecule has 0 unspecified atom stereocenters. The van der Waals surface area contributed by atoms with Crippen molar-refractivity contribution in [2.24, 2.45) is 0 Å². The molecule has 1 saturated carbocycles. The highest BCUT2D eigenvalue weighted by Crippen LogP contribution is 2.26. The van der Waals surface area contributed by atoms with Gasteiger partial charge in [-0.05, 0) is 31.9 Å². The van der Waals surface area contributed by atoms with Gasteiger partial charge in [0.15, 0.2) is 6.61 Å². The molecule has 7 nitrogen and oxygen atoms in total. The number of carbonyl (C=O) groups excluding carboxylic acids is 2. The third kappa shape index (κ3) is 5.03. The van der Waals surface area contributed by atoms with E-state index in [9.17, 15) is 19.7 Å². The Morgan fingerprint density at radius 1 is 1.41 bits per heavy atom. The van der Waals surface area contributed by atoms with Crippen molar-refractivity contribution >= 4 is 29.3 Å². The van der Waals surface area contributed by atoms with Crippen molar-refractivity contribution in [3.8, 4) is 0 Å². The molecule has 0 heterocycles. The number of hydrogen-bond donors (Lipinski definition) is 1. The molecule has 1 aliphatic rings. The standard InChI is InChI=1S/C14H16N2O5S/c1-9(14(18)21-8-13(17)15-10-2-3-10)22-12-6-4-11(5-7-12)16(19)20/h4-7,9-10H,2-3,8H2,1H3,(H,15,17)/t9-/m0/s1. The molecule has 0 aliphatic heterocycles. The average molecular weight is 324 g/mol. The average Bonchev–Trinajstić information content (AvgIpc) is 3.29. The lowest BCUT2D eigenvalue weighted by atomic mass is 10.3. The van der Waals surface area contributed by atoms with E-state index in [1.807, 2.05) is 0 Å². The van der Waals surface area contributed by atoms with Gasteiger partial charge in [-0.3, -0.25) is 19.7 Å². The number of rotatable bonds is 7. The van der Waals surface area contributed by atoms with Crippen LogP contribution < -0.4 is 5.32 Å². The van der Waals surface area contributed by atoms with Crippen molar-refractivity contribution in [2.75, 3.05) is 6.61 Å². The van der Waals surface area contributed by atoms with Crippen LogP contribution in [0.1, 0.15) is 19.8 Å². The summed E-state index contributed by atoms with van der Waals surface area (Å²) < 4.78 is 4.95. The molecule has 2 rings (SSSR count). The van der Waals surface area contributed by atoms with Gasteiger partial charge in [-0.25, -0.2) is 0 Å². The number of carbonyl (C=O) groups is 2. The first kappa shape index (κ1) is 16.3. The van der Waals surface area contributed by atoms with Gasteiger partial charge in [0.25, 0.3) is 11.6 Å². The van der Waals surface area contributed by atoms with E-state index in [-0.39, 0.29) is 24.2 Å². The van der Waals surface area contributed by atoms with Gasteiger partial charge in [0.05, 0.1) is 4.92 Å². The molecule has 118 valence electrons. The number of amides is 1. The fourth-order valence-corrected chi connectivity index (χ4v) is 2.52.